The van der Waals surface area contributed by atoms with E-state index < -0.39 is 22.4 Å². The van der Waals surface area contributed by atoms with Gasteiger partial charge in [0.1, 0.15) is 12.0 Å². The molecule has 2 unspecified atom stereocenters. The third-order valence-corrected chi connectivity index (χ3v) is 5.84. The molecule has 1 aliphatic rings. The van der Waals surface area contributed by atoms with Gasteiger partial charge in [0.2, 0.25) is 0 Å². The van der Waals surface area contributed by atoms with Crippen molar-refractivity contribution in [3.05, 3.63) is 59.7 Å². The molecule has 0 saturated carbocycles. The third-order valence-electron chi connectivity index (χ3n) is 4.32. The van der Waals surface area contributed by atoms with Crippen molar-refractivity contribution in [2.24, 2.45) is 0 Å². The van der Waals surface area contributed by atoms with E-state index in [0.717, 1.165) is 15.4 Å². The molecule has 1 aliphatic heterocycles. The van der Waals surface area contributed by atoms with Gasteiger partial charge in [0.15, 0.2) is 0 Å². The minimum Gasteiger partial charge on any atom is -0.506 e. The molecule has 2 atom stereocenters. The van der Waals surface area contributed by atoms with Crippen LogP contribution in [-0.4, -0.2) is 37.5 Å². The second kappa shape index (κ2) is 7.45. The Bertz CT molecular complexity index is 886. The van der Waals surface area contributed by atoms with Crippen LogP contribution in [0.1, 0.15) is 23.7 Å². The van der Waals surface area contributed by atoms with Gasteiger partial charge >= 0.3 is 10.2 Å². The molecule has 0 aliphatic carbocycles. The zero-order valence-corrected chi connectivity index (χ0v) is 14.8. The summed E-state index contributed by atoms with van der Waals surface area (Å²) in [6.45, 7) is -0.0640. The maximum atomic E-state index is 12.1. The van der Waals surface area contributed by atoms with Gasteiger partial charge in [-0.3, -0.25) is 4.31 Å². The molecule has 3 rings (SSSR count). The van der Waals surface area contributed by atoms with Gasteiger partial charge in [0.25, 0.3) is 0 Å². The molecule has 8 heteroatoms. The molecule has 0 spiro atoms. The summed E-state index contributed by atoms with van der Waals surface area (Å²) in [7, 11) is -3.85. The van der Waals surface area contributed by atoms with Crippen LogP contribution in [0.4, 0.5) is 5.69 Å². The molecule has 138 valence electrons. The molecule has 2 aromatic rings. The summed E-state index contributed by atoms with van der Waals surface area (Å²) in [6, 6.07) is 13.1. The van der Waals surface area contributed by atoms with Crippen LogP contribution in [0.15, 0.2) is 48.5 Å². The van der Waals surface area contributed by atoms with Gasteiger partial charge in [-0.05, 0) is 36.1 Å². The van der Waals surface area contributed by atoms with Crippen LogP contribution in [0.25, 0.3) is 0 Å². The Labute approximate surface area is 152 Å². The lowest BCUT2D eigenvalue weighted by Gasteiger charge is -2.18. The summed E-state index contributed by atoms with van der Waals surface area (Å²) in [5.41, 5.74) is 1.72. The number of rotatable bonds is 6. The lowest BCUT2D eigenvalue weighted by Crippen LogP contribution is -2.30. The number of carbonyl (C=O) groups is 1. The van der Waals surface area contributed by atoms with Crippen molar-refractivity contribution >= 4 is 22.2 Å². The summed E-state index contributed by atoms with van der Waals surface area (Å²) in [6.07, 6.45) is 0.897. The first-order chi connectivity index (χ1) is 12.4. The van der Waals surface area contributed by atoms with Crippen molar-refractivity contribution in [1.29, 1.82) is 0 Å². The van der Waals surface area contributed by atoms with Crippen LogP contribution in [0.5, 0.6) is 5.75 Å². The second-order valence-corrected chi connectivity index (χ2v) is 7.81. The predicted octanol–water partition coefficient (Wildman–Crippen LogP) is 1.28. The number of hydrogen-bond donors (Lipinski definition) is 3. The lowest BCUT2D eigenvalue weighted by molar-refractivity contribution is -0.108. The SMILES string of the molecule is O=CC1CN(c2ccc(CCC(O)c3ccccc3)cc2O)S(=O)(=O)N1. The molecule has 2 aromatic carbocycles. The van der Waals surface area contributed by atoms with Crippen molar-refractivity contribution in [3.63, 3.8) is 0 Å². The van der Waals surface area contributed by atoms with Crippen LogP contribution in [0, 0.1) is 0 Å². The molecule has 1 heterocycles. The van der Waals surface area contributed by atoms with Crippen LogP contribution in [0.2, 0.25) is 0 Å². The average molecular weight is 376 g/mol. The second-order valence-electron chi connectivity index (χ2n) is 6.18. The average Bonchev–Trinajstić information content (AvgIpc) is 2.95. The first kappa shape index (κ1) is 18.4. The molecular weight excluding hydrogens is 356 g/mol. The minimum atomic E-state index is -3.85. The highest BCUT2D eigenvalue weighted by molar-refractivity contribution is 7.91. The first-order valence-electron chi connectivity index (χ1n) is 8.21. The number of aliphatic hydroxyl groups excluding tert-OH is 1. The molecule has 7 nitrogen and oxygen atoms in total. The van der Waals surface area contributed by atoms with E-state index >= 15 is 0 Å². The number of nitrogens with zero attached hydrogens (tertiary/aromatic N) is 1. The lowest BCUT2D eigenvalue weighted by atomic mass is 10.0. The zero-order chi connectivity index (χ0) is 18.7. The Morgan fingerprint density at radius 2 is 1.96 bits per heavy atom. The summed E-state index contributed by atoms with van der Waals surface area (Å²) in [5, 5.41) is 20.5. The van der Waals surface area contributed by atoms with E-state index in [4.69, 9.17) is 0 Å². The van der Waals surface area contributed by atoms with Crippen LogP contribution in [-0.2, 0) is 21.4 Å². The van der Waals surface area contributed by atoms with Gasteiger partial charge in [-0.1, -0.05) is 36.4 Å². The topological polar surface area (TPSA) is 107 Å². The number of anilines is 1. The van der Waals surface area contributed by atoms with Crippen LogP contribution >= 0.6 is 0 Å². The van der Waals surface area contributed by atoms with E-state index in [0.29, 0.717) is 19.1 Å². The van der Waals surface area contributed by atoms with Crippen molar-refractivity contribution in [1.82, 2.24) is 4.72 Å². The van der Waals surface area contributed by atoms with Crippen molar-refractivity contribution in [2.75, 3.05) is 10.8 Å². The largest absolute Gasteiger partial charge is 0.506 e. The molecule has 0 radical (unpaired) electrons. The Hall–Kier alpha value is -2.42. The van der Waals surface area contributed by atoms with Gasteiger partial charge in [0, 0.05) is 0 Å². The summed E-state index contributed by atoms with van der Waals surface area (Å²) in [4.78, 5) is 10.8. The number of phenols is 1. The molecule has 0 aromatic heterocycles. The molecule has 26 heavy (non-hydrogen) atoms. The molecule has 0 bridgehead atoms. The van der Waals surface area contributed by atoms with Crippen molar-refractivity contribution in [3.8, 4) is 5.75 Å². The Kier molecular flexibility index (Phi) is 5.26. The number of phenolic OH excluding ortho intramolecular Hbond substituents is 1. The number of benzene rings is 2. The Morgan fingerprint density at radius 3 is 2.58 bits per heavy atom. The summed E-state index contributed by atoms with van der Waals surface area (Å²) >= 11 is 0. The number of aryl methyl sites for hydroxylation is 1. The maximum Gasteiger partial charge on any atom is 0.302 e. The molecular formula is C18H20N2O5S. The highest BCUT2D eigenvalue weighted by Gasteiger charge is 2.36. The summed E-state index contributed by atoms with van der Waals surface area (Å²) < 4.78 is 27.3. The molecule has 0 amide bonds. The number of hydrogen-bond acceptors (Lipinski definition) is 5. The normalized spacial score (nSPS) is 20.0. The monoisotopic (exact) mass is 376 g/mol. The van der Waals surface area contributed by atoms with E-state index in [-0.39, 0.29) is 18.0 Å². The Balaban J connectivity index is 1.71. The number of nitrogens with one attached hydrogen (secondary N) is 1. The first-order valence-corrected chi connectivity index (χ1v) is 9.65. The standard InChI is InChI=1S/C18H20N2O5S/c21-12-15-11-20(26(24,25)19-15)16-8-6-13(10-18(16)23)7-9-17(22)14-4-2-1-3-5-14/h1-6,8,10,12,15,17,19,22-23H,7,9,11H2. The fraction of sp³-hybridized carbons (Fsp3) is 0.278. The fourth-order valence-corrected chi connectivity index (χ4v) is 4.36. The summed E-state index contributed by atoms with van der Waals surface area (Å²) in [5.74, 6) is -0.186. The molecule has 1 fully saturated rings. The van der Waals surface area contributed by atoms with Crippen LogP contribution < -0.4 is 9.03 Å². The molecule has 3 N–H and O–H groups in total. The highest BCUT2D eigenvalue weighted by Crippen LogP contribution is 2.32. The van der Waals surface area contributed by atoms with Crippen LogP contribution in [0.3, 0.4) is 0 Å². The van der Waals surface area contributed by atoms with Gasteiger partial charge in [-0.2, -0.15) is 13.1 Å². The predicted molar refractivity (Wildman–Crippen MR) is 97.1 cm³/mol. The quantitative estimate of drug-likeness (QED) is 0.659. The van der Waals surface area contributed by atoms with E-state index in [2.05, 4.69) is 4.72 Å². The van der Waals surface area contributed by atoms with Gasteiger partial charge in [-0.15, -0.1) is 0 Å². The van der Waals surface area contributed by atoms with Gasteiger partial charge < -0.3 is 15.0 Å². The minimum absolute atomic E-state index is 0.0640. The van der Waals surface area contributed by atoms with Gasteiger partial charge in [-0.25, -0.2) is 0 Å². The number of carbonyl (C=O) groups excluding carboxylic acids is 1. The van der Waals surface area contributed by atoms with Gasteiger partial charge in [0.05, 0.1) is 24.4 Å². The number of aldehydes is 1. The highest BCUT2D eigenvalue weighted by atomic mass is 32.2. The van der Waals surface area contributed by atoms with E-state index in [1.807, 2.05) is 30.3 Å². The maximum absolute atomic E-state index is 12.1. The number of aromatic hydroxyl groups is 1. The zero-order valence-electron chi connectivity index (χ0n) is 13.9. The van der Waals surface area contributed by atoms with E-state index in [1.165, 1.54) is 12.1 Å². The third kappa shape index (κ3) is 3.87. The Morgan fingerprint density at radius 1 is 1.23 bits per heavy atom. The van der Waals surface area contributed by atoms with Crippen molar-refractivity contribution < 1.29 is 23.4 Å². The van der Waals surface area contributed by atoms with E-state index in [1.54, 1.807) is 6.07 Å². The number of aliphatic hydroxyl groups is 1. The smallest absolute Gasteiger partial charge is 0.302 e. The molecule has 1 saturated heterocycles. The fourth-order valence-electron chi connectivity index (χ4n) is 2.95. The van der Waals surface area contributed by atoms with E-state index in [9.17, 15) is 23.4 Å². The van der Waals surface area contributed by atoms with Crippen molar-refractivity contribution in [2.45, 2.75) is 25.0 Å².